The Morgan fingerprint density at radius 2 is 1.86 bits per heavy atom. The van der Waals surface area contributed by atoms with Crippen LogP contribution in [0, 0.1) is 13.8 Å². The number of carbonyl (C=O) groups is 2. The molecule has 0 bridgehead atoms. The number of ketones is 1. The number of rotatable bonds is 3. The lowest BCUT2D eigenvalue weighted by molar-refractivity contribution is -0.132. The van der Waals surface area contributed by atoms with E-state index in [9.17, 15) is 14.7 Å². The predicted molar refractivity (Wildman–Crippen MR) is 141 cm³/mol. The van der Waals surface area contributed by atoms with E-state index in [1.165, 1.54) is 16.2 Å². The van der Waals surface area contributed by atoms with Gasteiger partial charge in [-0.3, -0.25) is 14.5 Å². The van der Waals surface area contributed by atoms with Gasteiger partial charge < -0.3 is 9.84 Å². The van der Waals surface area contributed by atoms with Crippen molar-refractivity contribution in [2.75, 3.05) is 4.90 Å². The Hall–Kier alpha value is -3.97. The number of Topliss-reactive ketones (excluding diaryl/α,β-unsaturated/α-hetero) is 1. The van der Waals surface area contributed by atoms with E-state index < -0.39 is 17.7 Å². The lowest BCUT2D eigenvalue weighted by atomic mass is 9.94. The van der Waals surface area contributed by atoms with Gasteiger partial charge in [0, 0.05) is 12.0 Å². The minimum absolute atomic E-state index is 0.0541. The molecular weight excluding hydrogens is 472 g/mol. The molecule has 0 aliphatic carbocycles. The maximum atomic E-state index is 13.5. The number of aryl methyl sites for hydroxylation is 2. The van der Waals surface area contributed by atoms with Crippen molar-refractivity contribution < 1.29 is 19.4 Å². The van der Waals surface area contributed by atoms with Gasteiger partial charge in [-0.1, -0.05) is 47.7 Å². The molecule has 0 unspecified atom stereocenters. The van der Waals surface area contributed by atoms with Crippen LogP contribution >= 0.6 is 11.3 Å². The number of hydrogen-bond donors (Lipinski definition) is 1. The average Bonchev–Trinajstić information content (AvgIpc) is 3.52. The summed E-state index contributed by atoms with van der Waals surface area (Å²) in [5, 5.41) is 11.9. The van der Waals surface area contributed by atoms with Gasteiger partial charge in [0.15, 0.2) is 5.13 Å². The van der Waals surface area contributed by atoms with Crippen LogP contribution in [0.25, 0.3) is 16.0 Å². The SMILES string of the molecule is Cc1cc(C)c2nc(N3C(=O)C(=O)/C(=C(/O)c4ccc5c(c4)C[C@H](C)O5)[C@@H]3c3ccccc3)sc2c1. The number of ether oxygens (including phenoxy) is 1. The highest BCUT2D eigenvalue weighted by Crippen LogP contribution is 2.45. The fourth-order valence-electron chi connectivity index (χ4n) is 5.17. The van der Waals surface area contributed by atoms with E-state index in [0.717, 1.165) is 44.6 Å². The second-order valence-corrected chi connectivity index (χ2v) is 10.5. The summed E-state index contributed by atoms with van der Waals surface area (Å²) in [4.78, 5) is 33.1. The second-order valence-electron chi connectivity index (χ2n) is 9.46. The normalized spacial score (nSPS) is 20.7. The minimum Gasteiger partial charge on any atom is -0.507 e. The maximum absolute atomic E-state index is 13.5. The van der Waals surface area contributed by atoms with Crippen molar-refractivity contribution in [3.63, 3.8) is 0 Å². The van der Waals surface area contributed by atoms with Crippen molar-refractivity contribution in [2.45, 2.75) is 39.3 Å². The Balaban J connectivity index is 1.54. The summed E-state index contributed by atoms with van der Waals surface area (Å²) in [6.07, 6.45) is 0.774. The number of aliphatic hydroxyl groups excluding tert-OH is 1. The van der Waals surface area contributed by atoms with E-state index in [2.05, 4.69) is 0 Å². The van der Waals surface area contributed by atoms with Crippen molar-refractivity contribution in [1.29, 1.82) is 0 Å². The zero-order valence-corrected chi connectivity index (χ0v) is 20.9. The number of hydrogen-bond acceptors (Lipinski definition) is 6. The highest BCUT2D eigenvalue weighted by atomic mass is 32.1. The third-order valence-corrected chi connectivity index (χ3v) is 7.76. The quantitative estimate of drug-likeness (QED) is 0.218. The van der Waals surface area contributed by atoms with Gasteiger partial charge in [0.25, 0.3) is 5.78 Å². The molecule has 4 aromatic rings. The molecule has 6 nitrogen and oxygen atoms in total. The molecule has 6 rings (SSSR count). The number of nitrogens with zero attached hydrogens (tertiary/aromatic N) is 2. The van der Waals surface area contributed by atoms with Crippen molar-refractivity contribution in [3.05, 3.63) is 94.1 Å². The topological polar surface area (TPSA) is 79.7 Å². The van der Waals surface area contributed by atoms with Crippen LogP contribution in [0.5, 0.6) is 5.75 Å². The van der Waals surface area contributed by atoms with Crippen molar-refractivity contribution in [2.24, 2.45) is 0 Å². The monoisotopic (exact) mass is 496 g/mol. The van der Waals surface area contributed by atoms with Gasteiger partial charge in [-0.25, -0.2) is 4.98 Å². The van der Waals surface area contributed by atoms with E-state index in [4.69, 9.17) is 9.72 Å². The molecule has 36 heavy (non-hydrogen) atoms. The third-order valence-electron chi connectivity index (χ3n) is 6.75. The molecule has 3 aromatic carbocycles. The van der Waals surface area contributed by atoms with E-state index in [1.807, 2.05) is 69.3 Å². The number of aliphatic hydroxyl groups is 1. The molecule has 1 saturated heterocycles. The van der Waals surface area contributed by atoms with Gasteiger partial charge in [-0.05, 0) is 67.3 Å². The highest BCUT2D eigenvalue weighted by Gasteiger charge is 2.48. The number of aromatic nitrogens is 1. The molecule has 1 N–H and O–H groups in total. The zero-order chi connectivity index (χ0) is 25.1. The molecule has 180 valence electrons. The Morgan fingerprint density at radius 1 is 1.08 bits per heavy atom. The number of anilines is 1. The Labute approximate surface area is 212 Å². The molecule has 0 spiro atoms. The Kier molecular flexibility index (Phi) is 5.19. The van der Waals surface area contributed by atoms with Gasteiger partial charge in [-0.2, -0.15) is 0 Å². The Bertz CT molecular complexity index is 1590. The van der Waals surface area contributed by atoms with Crippen LogP contribution in [0.15, 0.2) is 66.2 Å². The van der Waals surface area contributed by atoms with Crippen LogP contribution in [-0.2, 0) is 16.0 Å². The molecular formula is C29H24N2O4S. The molecule has 0 saturated carbocycles. The summed E-state index contributed by atoms with van der Waals surface area (Å²) in [7, 11) is 0. The number of benzene rings is 3. The van der Waals surface area contributed by atoms with E-state index >= 15 is 0 Å². The first-order valence-electron chi connectivity index (χ1n) is 11.9. The molecule has 1 amide bonds. The zero-order valence-electron chi connectivity index (χ0n) is 20.1. The van der Waals surface area contributed by atoms with Gasteiger partial charge in [0.1, 0.15) is 17.6 Å². The van der Waals surface area contributed by atoms with Crippen LogP contribution in [0.3, 0.4) is 0 Å². The summed E-state index contributed by atoms with van der Waals surface area (Å²) >= 11 is 1.37. The van der Waals surface area contributed by atoms with Crippen LogP contribution in [0.4, 0.5) is 5.13 Å². The van der Waals surface area contributed by atoms with E-state index in [1.54, 1.807) is 12.1 Å². The van der Waals surface area contributed by atoms with Gasteiger partial charge in [0.05, 0.1) is 21.8 Å². The van der Waals surface area contributed by atoms with Crippen LogP contribution in [-0.4, -0.2) is 27.9 Å². The summed E-state index contributed by atoms with van der Waals surface area (Å²) in [6.45, 7) is 5.99. The molecule has 7 heteroatoms. The first-order valence-corrected chi connectivity index (χ1v) is 12.7. The average molecular weight is 497 g/mol. The first kappa shape index (κ1) is 22.5. The van der Waals surface area contributed by atoms with Gasteiger partial charge >= 0.3 is 5.91 Å². The van der Waals surface area contributed by atoms with Gasteiger partial charge in [0.2, 0.25) is 0 Å². The third kappa shape index (κ3) is 3.50. The second kappa shape index (κ2) is 8.31. The van der Waals surface area contributed by atoms with E-state index in [0.29, 0.717) is 10.7 Å². The highest BCUT2D eigenvalue weighted by molar-refractivity contribution is 7.22. The smallest absolute Gasteiger partial charge is 0.301 e. The lowest BCUT2D eigenvalue weighted by Crippen LogP contribution is -2.29. The van der Waals surface area contributed by atoms with Crippen LogP contribution < -0.4 is 9.64 Å². The Morgan fingerprint density at radius 3 is 2.64 bits per heavy atom. The first-order chi connectivity index (χ1) is 17.3. The number of fused-ring (bicyclic) bond motifs is 2. The maximum Gasteiger partial charge on any atom is 0.301 e. The molecule has 2 aliphatic rings. The van der Waals surface area contributed by atoms with Crippen LogP contribution in [0.2, 0.25) is 0 Å². The van der Waals surface area contributed by atoms with Crippen molar-refractivity contribution in [1.82, 2.24) is 4.98 Å². The van der Waals surface area contributed by atoms with Crippen molar-refractivity contribution >= 4 is 44.1 Å². The van der Waals surface area contributed by atoms with E-state index in [-0.39, 0.29) is 17.4 Å². The summed E-state index contributed by atoms with van der Waals surface area (Å²) in [5.41, 5.74) is 5.16. The fraction of sp³-hybridized carbons (Fsp3) is 0.207. The molecule has 2 aliphatic heterocycles. The number of thiazole rings is 1. The standard InChI is InChI=1S/C29H24N2O4S/c1-15-11-16(2)24-22(12-15)36-29(30-24)31-25(18-7-5-4-6-8-18)23(27(33)28(31)34)26(32)19-9-10-21-20(14-19)13-17(3)35-21/h4-12,14,17,25,32H,13H2,1-3H3/b26-23+/t17-,25-/m0/s1. The van der Waals surface area contributed by atoms with Gasteiger partial charge in [-0.15, -0.1) is 0 Å². The molecule has 3 heterocycles. The lowest BCUT2D eigenvalue weighted by Gasteiger charge is -2.23. The summed E-state index contributed by atoms with van der Waals surface area (Å²) < 4.78 is 6.73. The van der Waals surface area contributed by atoms with Crippen LogP contribution in [0.1, 0.15) is 40.8 Å². The minimum atomic E-state index is -0.795. The predicted octanol–water partition coefficient (Wildman–Crippen LogP) is 5.86. The van der Waals surface area contributed by atoms with Crippen molar-refractivity contribution in [3.8, 4) is 5.75 Å². The summed E-state index contributed by atoms with van der Waals surface area (Å²) in [6, 6.07) is 18.0. The molecule has 2 atom stereocenters. The summed E-state index contributed by atoms with van der Waals surface area (Å²) in [5.74, 6) is -0.838. The largest absolute Gasteiger partial charge is 0.507 e. The fourth-order valence-corrected chi connectivity index (χ4v) is 6.34. The number of carbonyl (C=O) groups excluding carboxylic acids is 2. The number of amides is 1. The molecule has 1 aromatic heterocycles. The molecule has 0 radical (unpaired) electrons. The molecule has 1 fully saturated rings.